The number of nitrogens with zero attached hydrogens (tertiary/aromatic N) is 3. The van der Waals surface area contributed by atoms with Gasteiger partial charge >= 0.3 is 0 Å². The van der Waals surface area contributed by atoms with Crippen LogP contribution in [0.5, 0.6) is 5.75 Å². The van der Waals surface area contributed by atoms with Gasteiger partial charge in [-0.15, -0.1) is 0 Å². The summed E-state index contributed by atoms with van der Waals surface area (Å²) in [5, 5.41) is 10.6. The van der Waals surface area contributed by atoms with Crippen molar-refractivity contribution in [1.29, 1.82) is 0 Å². The van der Waals surface area contributed by atoms with Crippen LogP contribution in [0.4, 0.5) is 0 Å². The molecular formula is C17H28N4O3. The predicted octanol–water partition coefficient (Wildman–Crippen LogP) is 1.97. The third-order valence-corrected chi connectivity index (χ3v) is 3.58. The van der Waals surface area contributed by atoms with Crippen LogP contribution in [0.3, 0.4) is 0 Å². The molecule has 0 aromatic heterocycles. The zero-order chi connectivity index (χ0) is 17.9. The van der Waals surface area contributed by atoms with Crippen LogP contribution < -0.4 is 10.5 Å². The molecular weight excluding hydrogens is 308 g/mol. The smallest absolute Gasteiger partial charge is 0.266 e. The molecule has 0 fully saturated rings. The minimum absolute atomic E-state index is 0.0582. The third-order valence-electron chi connectivity index (χ3n) is 3.58. The minimum atomic E-state index is -0.940. The van der Waals surface area contributed by atoms with Gasteiger partial charge in [0.25, 0.3) is 6.04 Å². The summed E-state index contributed by atoms with van der Waals surface area (Å²) in [6.45, 7) is 3.42. The monoisotopic (exact) mass is 336 g/mol. The highest BCUT2D eigenvalue weighted by atomic mass is 16.6. The van der Waals surface area contributed by atoms with Crippen molar-refractivity contribution in [3.63, 3.8) is 0 Å². The van der Waals surface area contributed by atoms with E-state index in [1.165, 1.54) is 12.5 Å². The Kier molecular flexibility index (Phi) is 8.78. The van der Waals surface area contributed by atoms with E-state index in [2.05, 4.69) is 36.1 Å². The molecule has 1 atom stereocenters. The molecule has 0 radical (unpaired) electrons. The van der Waals surface area contributed by atoms with Crippen molar-refractivity contribution in [3.05, 3.63) is 39.9 Å². The van der Waals surface area contributed by atoms with Crippen LogP contribution in [-0.2, 0) is 6.42 Å². The lowest BCUT2D eigenvalue weighted by molar-refractivity contribution is -0.498. The number of ether oxygens (including phenoxy) is 1. The Morgan fingerprint density at radius 1 is 1.42 bits per heavy atom. The standard InChI is InChI=1S/C17H28N4O3/c1-14(21(22)23)17(18)19-10-6-12-24-16-9-4-7-15(13-16)8-5-11-20(2)3/h4,7,9,13-14H,5-6,8,10-12H2,1-3H3,(H2,18,19). The van der Waals surface area contributed by atoms with Gasteiger partial charge < -0.3 is 15.4 Å². The van der Waals surface area contributed by atoms with Crippen molar-refractivity contribution in [1.82, 2.24) is 4.90 Å². The van der Waals surface area contributed by atoms with E-state index in [1.807, 2.05) is 12.1 Å². The van der Waals surface area contributed by atoms with Gasteiger partial charge in [-0.25, -0.2) is 0 Å². The van der Waals surface area contributed by atoms with E-state index in [0.717, 1.165) is 25.1 Å². The summed E-state index contributed by atoms with van der Waals surface area (Å²) in [6.07, 6.45) is 2.80. The van der Waals surface area contributed by atoms with Crippen LogP contribution in [0.2, 0.25) is 0 Å². The number of nitro groups is 1. The second-order valence-electron chi connectivity index (χ2n) is 6.02. The number of aliphatic imine (C=N–C) groups is 1. The average molecular weight is 336 g/mol. The van der Waals surface area contributed by atoms with Crippen LogP contribution in [0.15, 0.2) is 29.3 Å². The van der Waals surface area contributed by atoms with Crippen LogP contribution in [0, 0.1) is 10.1 Å². The van der Waals surface area contributed by atoms with Gasteiger partial charge in [-0.3, -0.25) is 15.1 Å². The number of amidine groups is 1. The van der Waals surface area contributed by atoms with Gasteiger partial charge in [-0.05, 0) is 51.2 Å². The summed E-state index contributed by atoms with van der Waals surface area (Å²) in [5.74, 6) is 0.899. The highest BCUT2D eigenvalue weighted by molar-refractivity contribution is 5.84. The van der Waals surface area contributed by atoms with Crippen LogP contribution in [0.25, 0.3) is 0 Å². The normalized spacial score (nSPS) is 13.1. The fraction of sp³-hybridized carbons (Fsp3) is 0.588. The number of nitrogens with two attached hydrogens (primary N) is 1. The molecule has 0 aliphatic heterocycles. The summed E-state index contributed by atoms with van der Waals surface area (Å²) in [5.41, 5.74) is 6.82. The minimum Gasteiger partial charge on any atom is -0.494 e. The number of hydrogen-bond acceptors (Lipinski definition) is 5. The molecule has 7 heteroatoms. The van der Waals surface area contributed by atoms with E-state index in [-0.39, 0.29) is 5.84 Å². The highest BCUT2D eigenvalue weighted by Crippen LogP contribution is 2.15. The van der Waals surface area contributed by atoms with E-state index in [1.54, 1.807) is 0 Å². The van der Waals surface area contributed by atoms with E-state index < -0.39 is 11.0 Å². The maximum Gasteiger partial charge on any atom is 0.266 e. The van der Waals surface area contributed by atoms with E-state index >= 15 is 0 Å². The molecule has 134 valence electrons. The summed E-state index contributed by atoms with van der Waals surface area (Å²) >= 11 is 0. The summed E-state index contributed by atoms with van der Waals surface area (Å²) in [6, 6.07) is 7.15. The average Bonchev–Trinajstić information content (AvgIpc) is 2.53. The van der Waals surface area contributed by atoms with Gasteiger partial charge in [0.1, 0.15) is 5.75 Å². The molecule has 2 N–H and O–H groups in total. The molecule has 0 saturated heterocycles. The van der Waals surface area contributed by atoms with Gasteiger partial charge in [0.05, 0.1) is 6.61 Å². The topological polar surface area (TPSA) is 94.0 Å². The first kappa shape index (κ1) is 19.9. The Balaban J connectivity index is 2.32. The van der Waals surface area contributed by atoms with Crippen molar-refractivity contribution in [2.45, 2.75) is 32.2 Å². The Labute approximate surface area is 143 Å². The van der Waals surface area contributed by atoms with E-state index in [9.17, 15) is 10.1 Å². The largest absolute Gasteiger partial charge is 0.494 e. The van der Waals surface area contributed by atoms with Crippen molar-refractivity contribution in [2.24, 2.45) is 10.7 Å². The van der Waals surface area contributed by atoms with Crippen LogP contribution >= 0.6 is 0 Å². The lowest BCUT2D eigenvalue weighted by Gasteiger charge is -2.10. The molecule has 24 heavy (non-hydrogen) atoms. The molecule has 0 saturated carbocycles. The zero-order valence-electron chi connectivity index (χ0n) is 14.8. The molecule has 1 unspecified atom stereocenters. The molecule has 7 nitrogen and oxygen atoms in total. The first-order valence-corrected chi connectivity index (χ1v) is 8.20. The maximum absolute atomic E-state index is 10.6. The van der Waals surface area contributed by atoms with Crippen molar-refractivity contribution < 1.29 is 9.66 Å². The summed E-state index contributed by atoms with van der Waals surface area (Å²) in [4.78, 5) is 16.3. The second-order valence-corrected chi connectivity index (χ2v) is 6.02. The van der Waals surface area contributed by atoms with Gasteiger partial charge in [0, 0.05) is 24.8 Å². The molecule has 0 bridgehead atoms. The lowest BCUT2D eigenvalue weighted by atomic mass is 10.1. The second kappa shape index (κ2) is 10.6. The molecule has 1 aromatic carbocycles. The van der Waals surface area contributed by atoms with Crippen LogP contribution in [-0.4, -0.2) is 55.5 Å². The molecule has 0 heterocycles. The van der Waals surface area contributed by atoms with E-state index in [0.29, 0.717) is 19.6 Å². The van der Waals surface area contributed by atoms with Crippen molar-refractivity contribution >= 4 is 5.84 Å². The maximum atomic E-state index is 10.6. The Morgan fingerprint density at radius 2 is 2.17 bits per heavy atom. The highest BCUT2D eigenvalue weighted by Gasteiger charge is 2.16. The number of hydrogen-bond donors (Lipinski definition) is 1. The Morgan fingerprint density at radius 3 is 2.83 bits per heavy atom. The first-order chi connectivity index (χ1) is 11.4. The molecule has 1 aromatic rings. The molecule has 1 rings (SSSR count). The van der Waals surface area contributed by atoms with Gasteiger partial charge in [-0.1, -0.05) is 12.1 Å². The van der Waals surface area contributed by atoms with Gasteiger partial charge in [-0.2, -0.15) is 0 Å². The third kappa shape index (κ3) is 7.92. The SMILES string of the molecule is CC(C(N)=NCCCOc1cccc(CCCN(C)C)c1)[N+](=O)[O-]. The zero-order valence-corrected chi connectivity index (χ0v) is 14.8. The van der Waals surface area contributed by atoms with Gasteiger partial charge in [0.15, 0.2) is 5.84 Å². The number of benzene rings is 1. The summed E-state index contributed by atoms with van der Waals surface area (Å²) in [7, 11) is 4.14. The van der Waals surface area contributed by atoms with Crippen molar-refractivity contribution in [3.8, 4) is 5.75 Å². The molecule has 0 aliphatic carbocycles. The van der Waals surface area contributed by atoms with E-state index in [4.69, 9.17) is 10.5 Å². The summed E-state index contributed by atoms with van der Waals surface area (Å²) < 4.78 is 5.71. The Hall–Kier alpha value is -2.15. The number of aryl methyl sites for hydroxylation is 1. The molecule has 0 aliphatic rings. The first-order valence-electron chi connectivity index (χ1n) is 8.20. The van der Waals surface area contributed by atoms with Gasteiger partial charge in [0.2, 0.25) is 0 Å². The van der Waals surface area contributed by atoms with Crippen LogP contribution in [0.1, 0.15) is 25.3 Å². The number of rotatable bonds is 11. The Bertz CT molecular complexity index is 546. The lowest BCUT2D eigenvalue weighted by Crippen LogP contribution is -2.33. The molecule has 0 spiro atoms. The quantitative estimate of drug-likeness (QED) is 0.219. The fourth-order valence-corrected chi connectivity index (χ4v) is 2.09. The fourth-order valence-electron chi connectivity index (χ4n) is 2.09. The van der Waals surface area contributed by atoms with Crippen molar-refractivity contribution in [2.75, 3.05) is 33.8 Å². The predicted molar refractivity (Wildman–Crippen MR) is 96.4 cm³/mol. The molecule has 0 amide bonds.